The summed E-state index contributed by atoms with van der Waals surface area (Å²) >= 11 is 2.54. The van der Waals surface area contributed by atoms with Crippen LogP contribution in [0.4, 0.5) is 8.78 Å². The van der Waals surface area contributed by atoms with E-state index in [-0.39, 0.29) is 59.6 Å². The van der Waals surface area contributed by atoms with Crippen LogP contribution in [-0.2, 0) is 16.0 Å². The summed E-state index contributed by atoms with van der Waals surface area (Å²) in [5.41, 5.74) is -0.462. The van der Waals surface area contributed by atoms with Gasteiger partial charge in [-0.25, -0.2) is 8.78 Å². The summed E-state index contributed by atoms with van der Waals surface area (Å²) in [4.78, 5) is 37.5. The first-order valence-corrected chi connectivity index (χ1v) is 16.6. The topological polar surface area (TPSA) is 108 Å². The number of Topliss-reactive ketones (excluding diaryl/α,β-unsaturated/α-hetero) is 2. The molecule has 5 rings (SSSR count). The van der Waals surface area contributed by atoms with Crippen molar-refractivity contribution in [1.29, 1.82) is 0 Å². The molecule has 46 heavy (non-hydrogen) atoms. The van der Waals surface area contributed by atoms with Crippen molar-refractivity contribution >= 4 is 60.4 Å². The number of thiophene rings is 2. The van der Waals surface area contributed by atoms with Crippen LogP contribution in [0.1, 0.15) is 61.0 Å². The normalized spacial score (nSPS) is 16.3. The molecule has 1 N–H and O–H groups in total. The lowest BCUT2D eigenvalue weighted by molar-refractivity contribution is -0.146. The van der Waals surface area contributed by atoms with Gasteiger partial charge in [0.2, 0.25) is 0 Å². The molecule has 0 spiro atoms. The third-order valence-corrected chi connectivity index (χ3v) is 11.0. The molecule has 2 aromatic carbocycles. The van der Waals surface area contributed by atoms with Crippen LogP contribution in [0.2, 0.25) is 0 Å². The molecule has 1 fully saturated rings. The number of hydrogen-bond donors (Lipinski definition) is 1. The molecule has 8 nitrogen and oxygen atoms in total. The molecule has 0 aliphatic heterocycles. The van der Waals surface area contributed by atoms with E-state index in [4.69, 9.17) is 18.9 Å². The maximum absolute atomic E-state index is 15.6. The number of aryl methyl sites for hydroxylation is 1. The maximum Gasteiger partial charge on any atom is 0.307 e. The number of hydrogen-bond acceptors (Lipinski definition) is 9. The highest BCUT2D eigenvalue weighted by atomic mass is 32.1. The van der Waals surface area contributed by atoms with Gasteiger partial charge in [0.1, 0.15) is 5.78 Å². The van der Waals surface area contributed by atoms with Crippen molar-refractivity contribution in [1.82, 2.24) is 0 Å². The van der Waals surface area contributed by atoms with Gasteiger partial charge >= 0.3 is 5.97 Å². The van der Waals surface area contributed by atoms with E-state index in [0.29, 0.717) is 45.3 Å². The fourth-order valence-corrected chi connectivity index (χ4v) is 7.56. The zero-order chi connectivity index (χ0) is 33.3. The van der Waals surface area contributed by atoms with Crippen LogP contribution in [-0.4, -0.2) is 50.1 Å². The first-order chi connectivity index (χ1) is 21.9. The number of ketones is 2. The van der Waals surface area contributed by atoms with Gasteiger partial charge in [0, 0.05) is 54.9 Å². The lowest BCUT2D eigenvalue weighted by Crippen LogP contribution is -2.37. The largest absolute Gasteiger partial charge is 0.493 e. The lowest BCUT2D eigenvalue weighted by Gasteiger charge is -2.31. The number of rotatable bonds is 15. The summed E-state index contributed by atoms with van der Waals surface area (Å²) < 4.78 is 54.7. The Labute approximate surface area is 273 Å². The van der Waals surface area contributed by atoms with Gasteiger partial charge in [-0.15, -0.1) is 22.7 Å². The SMILES string of the molecule is COc1cc2sc(CCC(C)(C)C(C)=O)cc2c(F)c1OCCCOc1c(OC)cc2sc(C(=O)[C@@H]3CC[C@H]3C(=O)O)cc2c1F. The maximum atomic E-state index is 15.6. The molecule has 246 valence electrons. The fraction of sp³-hybridized carbons (Fsp3) is 0.441. The van der Waals surface area contributed by atoms with Crippen LogP contribution >= 0.6 is 22.7 Å². The Morgan fingerprint density at radius 1 is 0.870 bits per heavy atom. The number of methoxy groups -OCH3 is 2. The van der Waals surface area contributed by atoms with Gasteiger partial charge in [-0.05, 0) is 44.7 Å². The van der Waals surface area contributed by atoms with E-state index in [1.807, 2.05) is 13.8 Å². The molecule has 0 unspecified atom stereocenters. The van der Waals surface area contributed by atoms with Crippen LogP contribution in [0, 0.1) is 28.9 Å². The predicted molar refractivity (Wildman–Crippen MR) is 173 cm³/mol. The molecule has 2 heterocycles. The highest BCUT2D eigenvalue weighted by Gasteiger charge is 2.42. The number of benzene rings is 2. The zero-order valence-corrected chi connectivity index (χ0v) is 27.9. The van der Waals surface area contributed by atoms with Crippen LogP contribution in [0.25, 0.3) is 20.2 Å². The molecule has 4 aromatic rings. The van der Waals surface area contributed by atoms with E-state index in [2.05, 4.69) is 0 Å². The summed E-state index contributed by atoms with van der Waals surface area (Å²) in [6.45, 7) is 5.47. The number of carbonyl (C=O) groups excluding carboxylic acids is 2. The monoisotopic (exact) mass is 674 g/mol. The minimum Gasteiger partial charge on any atom is -0.493 e. The molecular weight excluding hydrogens is 638 g/mol. The second-order valence-corrected chi connectivity index (χ2v) is 14.3. The van der Waals surface area contributed by atoms with Gasteiger partial charge in [-0.2, -0.15) is 0 Å². The summed E-state index contributed by atoms with van der Waals surface area (Å²) in [5.74, 6) is -3.49. The quantitative estimate of drug-likeness (QED) is 0.0996. The van der Waals surface area contributed by atoms with Crippen LogP contribution in [0.15, 0.2) is 24.3 Å². The third-order valence-electron chi connectivity index (χ3n) is 8.76. The van der Waals surface area contributed by atoms with Gasteiger partial charge in [-0.3, -0.25) is 14.4 Å². The number of ether oxygens (including phenoxy) is 4. The van der Waals surface area contributed by atoms with Gasteiger partial charge in [0.25, 0.3) is 0 Å². The Morgan fingerprint density at radius 2 is 1.41 bits per heavy atom. The zero-order valence-electron chi connectivity index (χ0n) is 26.3. The van der Waals surface area contributed by atoms with Crippen molar-refractivity contribution < 1.29 is 47.2 Å². The van der Waals surface area contributed by atoms with E-state index in [1.165, 1.54) is 31.6 Å². The Morgan fingerprint density at radius 3 is 1.91 bits per heavy atom. The Balaban J connectivity index is 1.24. The van der Waals surface area contributed by atoms with Gasteiger partial charge in [-0.1, -0.05) is 13.8 Å². The summed E-state index contributed by atoms with van der Waals surface area (Å²) in [6, 6.07) is 6.55. The van der Waals surface area contributed by atoms with Crippen molar-refractivity contribution in [2.24, 2.45) is 17.3 Å². The molecule has 0 saturated heterocycles. The first kappa shape index (κ1) is 33.6. The van der Waals surface area contributed by atoms with Crippen molar-refractivity contribution in [3.63, 3.8) is 0 Å². The third kappa shape index (κ3) is 6.55. The summed E-state index contributed by atoms with van der Waals surface area (Å²) in [5, 5.41) is 9.93. The molecule has 1 aliphatic carbocycles. The van der Waals surface area contributed by atoms with Crippen molar-refractivity contribution in [2.45, 2.75) is 52.9 Å². The highest BCUT2D eigenvalue weighted by molar-refractivity contribution is 7.21. The number of carboxylic acids is 1. The molecule has 0 radical (unpaired) electrons. The number of halogens is 2. The standard InChI is InChI=1S/C34H36F2O8S2/c1-17(37)34(2,3)10-9-18-13-21-25(45-18)15-23(41-4)31(28(21)35)43-11-6-12-44-32-24(42-5)16-26-22(29(32)36)14-27(46-26)30(38)19-7-8-20(19)33(39)40/h13-16,19-20H,6-12H2,1-5H3,(H,39,40)/t19-,20-/m1/s1. The number of carbonyl (C=O) groups is 3. The second-order valence-electron chi connectivity index (χ2n) is 12.1. The molecular formula is C34H36F2O8S2. The van der Waals surface area contributed by atoms with Gasteiger partial charge in [0.05, 0.1) is 38.2 Å². The molecule has 2 aromatic heterocycles. The van der Waals surface area contributed by atoms with Gasteiger partial charge in [0.15, 0.2) is 40.4 Å². The fourth-order valence-electron chi connectivity index (χ4n) is 5.38. The molecule has 1 saturated carbocycles. The smallest absolute Gasteiger partial charge is 0.307 e. The summed E-state index contributed by atoms with van der Waals surface area (Å²) in [6.07, 6.45) is 2.51. The Hall–Kier alpha value is -3.77. The minimum atomic E-state index is -0.998. The van der Waals surface area contributed by atoms with Crippen LogP contribution in [0.5, 0.6) is 23.0 Å². The van der Waals surface area contributed by atoms with Crippen molar-refractivity contribution in [2.75, 3.05) is 27.4 Å². The first-order valence-electron chi connectivity index (χ1n) is 15.0. The van der Waals surface area contributed by atoms with E-state index >= 15 is 8.78 Å². The summed E-state index contributed by atoms with van der Waals surface area (Å²) in [7, 11) is 2.82. The lowest BCUT2D eigenvalue weighted by atomic mass is 9.71. The molecule has 2 atom stereocenters. The van der Waals surface area contributed by atoms with E-state index in [9.17, 15) is 19.5 Å². The van der Waals surface area contributed by atoms with Crippen molar-refractivity contribution in [3.05, 3.63) is 45.7 Å². The van der Waals surface area contributed by atoms with E-state index in [0.717, 1.165) is 16.2 Å². The Bertz CT molecular complexity index is 1810. The van der Waals surface area contributed by atoms with E-state index in [1.54, 1.807) is 25.1 Å². The second kappa shape index (κ2) is 13.5. The Kier molecular flexibility index (Phi) is 9.88. The molecule has 0 amide bonds. The predicted octanol–water partition coefficient (Wildman–Crippen LogP) is 8.10. The number of aliphatic carboxylic acids is 1. The average Bonchev–Trinajstić information content (AvgIpc) is 3.61. The van der Waals surface area contributed by atoms with Crippen LogP contribution < -0.4 is 18.9 Å². The highest BCUT2D eigenvalue weighted by Crippen LogP contribution is 2.44. The molecule has 0 bridgehead atoms. The average molecular weight is 675 g/mol. The van der Waals surface area contributed by atoms with Gasteiger partial charge < -0.3 is 24.1 Å². The number of fused-ring (bicyclic) bond motifs is 2. The molecule has 1 aliphatic rings. The van der Waals surface area contributed by atoms with Crippen LogP contribution in [0.3, 0.4) is 0 Å². The number of carboxylic acid groups (broad SMARTS) is 1. The minimum absolute atomic E-state index is 0.0256. The van der Waals surface area contributed by atoms with Crippen molar-refractivity contribution in [3.8, 4) is 23.0 Å². The molecule has 12 heteroatoms. The van der Waals surface area contributed by atoms with E-state index < -0.39 is 34.9 Å².